The van der Waals surface area contributed by atoms with Crippen LogP contribution in [-0.4, -0.2) is 24.0 Å². The molecule has 100 valence electrons. The lowest BCUT2D eigenvalue weighted by atomic mass is 9.95. The summed E-state index contributed by atoms with van der Waals surface area (Å²) < 4.78 is 5.04. The maximum Gasteiger partial charge on any atom is 0.263 e. The summed E-state index contributed by atoms with van der Waals surface area (Å²) in [6.07, 6.45) is 5.95. The van der Waals surface area contributed by atoms with E-state index < -0.39 is 0 Å². The molecule has 1 fully saturated rings. The summed E-state index contributed by atoms with van der Waals surface area (Å²) in [6.45, 7) is 2.35. The molecular formula is C13H20N2O2S. The molecule has 18 heavy (non-hydrogen) atoms. The molecule has 1 aliphatic carbocycles. The van der Waals surface area contributed by atoms with E-state index in [2.05, 4.69) is 10.3 Å². The molecule has 5 heteroatoms. The van der Waals surface area contributed by atoms with E-state index in [1.807, 2.05) is 6.92 Å². The zero-order valence-electron chi connectivity index (χ0n) is 11.0. The van der Waals surface area contributed by atoms with Crippen LogP contribution < -0.4 is 5.32 Å². The summed E-state index contributed by atoms with van der Waals surface area (Å²) >= 11 is 1.43. The molecule has 0 radical (unpaired) electrons. The Bertz CT molecular complexity index is 411. The lowest BCUT2D eigenvalue weighted by Gasteiger charge is -2.22. The molecule has 1 aliphatic rings. The molecule has 4 nitrogen and oxygen atoms in total. The van der Waals surface area contributed by atoms with Crippen molar-refractivity contribution in [3.8, 4) is 0 Å². The Balaban J connectivity index is 1.99. The number of amides is 1. The van der Waals surface area contributed by atoms with E-state index in [1.54, 1.807) is 7.11 Å². The van der Waals surface area contributed by atoms with E-state index in [1.165, 1.54) is 30.6 Å². The van der Waals surface area contributed by atoms with Gasteiger partial charge in [-0.3, -0.25) is 4.79 Å². The van der Waals surface area contributed by atoms with Gasteiger partial charge in [-0.15, -0.1) is 11.3 Å². The first-order valence-electron chi connectivity index (χ1n) is 6.47. The average Bonchev–Trinajstić information content (AvgIpc) is 2.72. The van der Waals surface area contributed by atoms with Crippen molar-refractivity contribution in [1.82, 2.24) is 10.3 Å². The summed E-state index contributed by atoms with van der Waals surface area (Å²) in [5.74, 6) is 0.0271. The smallest absolute Gasteiger partial charge is 0.263 e. The highest BCUT2D eigenvalue weighted by molar-refractivity contribution is 7.13. The van der Waals surface area contributed by atoms with Gasteiger partial charge in [0.25, 0.3) is 5.91 Å². The SMILES string of the molecule is COCc1nc(C)c(C(=O)NC2CCCCC2)s1. The Labute approximate surface area is 112 Å². The molecule has 0 atom stereocenters. The van der Waals surface area contributed by atoms with Gasteiger partial charge in [0.05, 0.1) is 12.3 Å². The highest BCUT2D eigenvalue weighted by atomic mass is 32.1. The van der Waals surface area contributed by atoms with Gasteiger partial charge in [0.1, 0.15) is 9.88 Å². The summed E-state index contributed by atoms with van der Waals surface area (Å²) in [7, 11) is 1.64. The Hall–Kier alpha value is -0.940. The Morgan fingerprint density at radius 1 is 1.44 bits per heavy atom. The largest absolute Gasteiger partial charge is 0.378 e. The lowest BCUT2D eigenvalue weighted by molar-refractivity contribution is 0.0931. The number of carbonyl (C=O) groups is 1. The first kappa shape index (κ1) is 13.5. The second kappa shape index (κ2) is 6.29. The van der Waals surface area contributed by atoms with Crippen molar-refractivity contribution in [2.24, 2.45) is 0 Å². The molecule has 1 aromatic rings. The molecular weight excluding hydrogens is 248 g/mol. The van der Waals surface area contributed by atoms with E-state index in [0.717, 1.165) is 28.4 Å². The highest BCUT2D eigenvalue weighted by Gasteiger charge is 2.20. The van der Waals surface area contributed by atoms with Gasteiger partial charge in [-0.05, 0) is 19.8 Å². The van der Waals surface area contributed by atoms with Crippen molar-refractivity contribution in [2.45, 2.75) is 51.7 Å². The van der Waals surface area contributed by atoms with Crippen LogP contribution in [0.2, 0.25) is 0 Å². The Morgan fingerprint density at radius 3 is 2.83 bits per heavy atom. The number of thiazole rings is 1. The molecule has 1 amide bonds. The zero-order valence-corrected chi connectivity index (χ0v) is 11.8. The maximum absolute atomic E-state index is 12.2. The predicted molar refractivity (Wildman–Crippen MR) is 71.9 cm³/mol. The number of ether oxygens (including phenoxy) is 1. The quantitative estimate of drug-likeness (QED) is 0.913. The van der Waals surface area contributed by atoms with Crippen molar-refractivity contribution in [2.75, 3.05) is 7.11 Å². The van der Waals surface area contributed by atoms with E-state index >= 15 is 0 Å². The number of hydrogen-bond donors (Lipinski definition) is 1. The van der Waals surface area contributed by atoms with Crippen molar-refractivity contribution in [3.63, 3.8) is 0 Å². The molecule has 0 aromatic carbocycles. The van der Waals surface area contributed by atoms with Gasteiger partial charge in [-0.25, -0.2) is 4.98 Å². The van der Waals surface area contributed by atoms with Crippen molar-refractivity contribution >= 4 is 17.2 Å². The third kappa shape index (κ3) is 3.29. The fraction of sp³-hybridized carbons (Fsp3) is 0.692. The molecule has 0 unspecified atom stereocenters. The van der Waals surface area contributed by atoms with Gasteiger partial charge in [0.15, 0.2) is 0 Å². The minimum atomic E-state index is 0.0271. The van der Waals surface area contributed by atoms with Crippen LogP contribution in [0.25, 0.3) is 0 Å². The van der Waals surface area contributed by atoms with Gasteiger partial charge >= 0.3 is 0 Å². The second-order valence-corrected chi connectivity index (χ2v) is 5.85. The molecule has 0 saturated heterocycles. The topological polar surface area (TPSA) is 51.2 Å². The molecule has 0 spiro atoms. The monoisotopic (exact) mass is 268 g/mol. The summed E-state index contributed by atoms with van der Waals surface area (Å²) in [6, 6.07) is 0.346. The Kier molecular flexibility index (Phi) is 4.72. The van der Waals surface area contributed by atoms with Crippen molar-refractivity contribution < 1.29 is 9.53 Å². The number of carbonyl (C=O) groups excluding carboxylic acids is 1. The fourth-order valence-electron chi connectivity index (χ4n) is 2.35. The van der Waals surface area contributed by atoms with Gasteiger partial charge < -0.3 is 10.1 Å². The van der Waals surface area contributed by atoms with E-state index in [4.69, 9.17) is 4.74 Å². The molecule has 1 aromatic heterocycles. The predicted octanol–water partition coefficient (Wildman–Crippen LogP) is 2.66. The van der Waals surface area contributed by atoms with E-state index in [9.17, 15) is 4.79 Å². The number of nitrogens with zero attached hydrogens (tertiary/aromatic N) is 1. The second-order valence-electron chi connectivity index (χ2n) is 4.76. The standard InChI is InChI=1S/C13H20N2O2S/c1-9-12(18-11(14-9)8-17-2)13(16)15-10-6-4-3-5-7-10/h10H,3-8H2,1-2H3,(H,15,16). The van der Waals surface area contributed by atoms with Gasteiger partial charge in [-0.2, -0.15) is 0 Å². The Morgan fingerprint density at radius 2 is 2.17 bits per heavy atom. The van der Waals surface area contributed by atoms with E-state index in [-0.39, 0.29) is 5.91 Å². The van der Waals surface area contributed by atoms with Gasteiger partial charge in [-0.1, -0.05) is 19.3 Å². The normalized spacial score (nSPS) is 16.8. The first-order valence-corrected chi connectivity index (χ1v) is 7.28. The third-order valence-corrected chi connectivity index (χ3v) is 4.39. The molecule has 0 bridgehead atoms. The van der Waals surface area contributed by atoms with Crippen LogP contribution in [-0.2, 0) is 11.3 Å². The zero-order chi connectivity index (χ0) is 13.0. The number of hydrogen-bond acceptors (Lipinski definition) is 4. The van der Waals surface area contributed by atoms with Crippen molar-refractivity contribution in [3.05, 3.63) is 15.6 Å². The van der Waals surface area contributed by atoms with Gasteiger partial charge in [0.2, 0.25) is 0 Å². The van der Waals surface area contributed by atoms with Crippen LogP contribution in [0.4, 0.5) is 0 Å². The molecule has 1 heterocycles. The number of rotatable bonds is 4. The summed E-state index contributed by atoms with van der Waals surface area (Å²) in [5.41, 5.74) is 0.806. The van der Waals surface area contributed by atoms with E-state index in [0.29, 0.717) is 12.6 Å². The lowest BCUT2D eigenvalue weighted by Crippen LogP contribution is -2.36. The van der Waals surface area contributed by atoms with Crippen LogP contribution in [0.15, 0.2) is 0 Å². The van der Waals surface area contributed by atoms with Crippen molar-refractivity contribution in [1.29, 1.82) is 0 Å². The van der Waals surface area contributed by atoms with Gasteiger partial charge in [0, 0.05) is 13.2 Å². The molecule has 1 saturated carbocycles. The maximum atomic E-state index is 12.2. The summed E-state index contributed by atoms with van der Waals surface area (Å²) in [4.78, 5) is 17.2. The molecule has 1 N–H and O–H groups in total. The highest BCUT2D eigenvalue weighted by Crippen LogP contribution is 2.21. The first-order chi connectivity index (χ1) is 8.70. The van der Waals surface area contributed by atoms with Crippen LogP contribution in [0.1, 0.15) is 52.5 Å². The van der Waals surface area contributed by atoms with Crippen LogP contribution >= 0.6 is 11.3 Å². The minimum Gasteiger partial charge on any atom is -0.378 e. The number of aryl methyl sites for hydroxylation is 1. The molecule has 0 aliphatic heterocycles. The fourth-order valence-corrected chi connectivity index (χ4v) is 3.29. The minimum absolute atomic E-state index is 0.0271. The van der Waals surface area contributed by atoms with Crippen LogP contribution in [0.3, 0.4) is 0 Å². The molecule has 2 rings (SSSR count). The summed E-state index contributed by atoms with van der Waals surface area (Å²) in [5, 5.41) is 3.99. The number of methoxy groups -OCH3 is 1. The van der Waals surface area contributed by atoms with Crippen LogP contribution in [0.5, 0.6) is 0 Å². The number of nitrogens with one attached hydrogen (secondary N) is 1. The third-order valence-electron chi connectivity index (χ3n) is 3.26. The average molecular weight is 268 g/mol. The number of aromatic nitrogens is 1. The van der Waals surface area contributed by atoms with Crippen LogP contribution in [0, 0.1) is 6.92 Å².